The molecule has 0 spiro atoms. The normalized spacial score (nSPS) is 16.5. The number of carbonyl (C=O) groups is 2. The van der Waals surface area contributed by atoms with Crippen molar-refractivity contribution in [1.82, 2.24) is 0 Å². The van der Waals surface area contributed by atoms with Crippen LogP contribution in [-0.4, -0.2) is 30.7 Å². The van der Waals surface area contributed by atoms with E-state index < -0.39 is 24.1 Å². The summed E-state index contributed by atoms with van der Waals surface area (Å²) in [6, 6.07) is 14.7. The highest BCUT2D eigenvalue weighted by molar-refractivity contribution is 5.96. The lowest BCUT2D eigenvalue weighted by molar-refractivity contribution is -0.162. The van der Waals surface area contributed by atoms with E-state index in [1.807, 2.05) is 44.2 Å². The standard InChI is InChI=1S/C21H23NO5/c1-13(2)15-8-4-5-9-16(15)22-20(23)14(3)26-21(24)19-12-25-17-10-6-7-11-18(17)27-19/h4-11,13-14,19H,12H2,1-3H3,(H,22,23)/t14-,19+/m0/s1. The molecule has 2 aromatic rings. The fourth-order valence-corrected chi connectivity index (χ4v) is 2.79. The van der Waals surface area contributed by atoms with Crippen molar-refractivity contribution in [2.75, 3.05) is 11.9 Å². The molecule has 2 atom stereocenters. The number of benzene rings is 2. The molecule has 142 valence electrons. The molecule has 0 bridgehead atoms. The summed E-state index contributed by atoms with van der Waals surface area (Å²) in [4.78, 5) is 24.8. The van der Waals surface area contributed by atoms with E-state index in [-0.39, 0.29) is 12.5 Å². The average molecular weight is 369 g/mol. The molecule has 1 N–H and O–H groups in total. The van der Waals surface area contributed by atoms with Gasteiger partial charge in [0, 0.05) is 5.69 Å². The first-order valence-electron chi connectivity index (χ1n) is 8.94. The molecule has 0 aromatic heterocycles. The minimum Gasteiger partial charge on any atom is -0.485 e. The number of hydrogen-bond acceptors (Lipinski definition) is 5. The average Bonchev–Trinajstić information content (AvgIpc) is 2.67. The molecule has 2 aromatic carbocycles. The van der Waals surface area contributed by atoms with Gasteiger partial charge in [-0.3, -0.25) is 4.79 Å². The molecule has 0 aliphatic carbocycles. The minimum atomic E-state index is -0.960. The maximum Gasteiger partial charge on any atom is 0.351 e. The van der Waals surface area contributed by atoms with Crippen LogP contribution in [0.3, 0.4) is 0 Å². The Morgan fingerprint density at radius 2 is 1.70 bits per heavy atom. The van der Waals surface area contributed by atoms with E-state index in [0.717, 1.165) is 5.56 Å². The fraction of sp³-hybridized carbons (Fsp3) is 0.333. The predicted molar refractivity (Wildman–Crippen MR) is 101 cm³/mol. The van der Waals surface area contributed by atoms with Crippen LogP contribution < -0.4 is 14.8 Å². The summed E-state index contributed by atoms with van der Waals surface area (Å²) >= 11 is 0. The number of hydrogen-bond donors (Lipinski definition) is 1. The second-order valence-electron chi connectivity index (χ2n) is 6.67. The lowest BCUT2D eigenvalue weighted by atomic mass is 10.0. The Balaban J connectivity index is 1.59. The lowest BCUT2D eigenvalue weighted by Gasteiger charge is -2.26. The zero-order valence-electron chi connectivity index (χ0n) is 15.6. The van der Waals surface area contributed by atoms with Crippen molar-refractivity contribution in [3.05, 3.63) is 54.1 Å². The third kappa shape index (κ3) is 4.39. The van der Waals surface area contributed by atoms with Crippen molar-refractivity contribution in [3.8, 4) is 11.5 Å². The van der Waals surface area contributed by atoms with Crippen molar-refractivity contribution >= 4 is 17.6 Å². The number of anilines is 1. The quantitative estimate of drug-likeness (QED) is 0.817. The monoisotopic (exact) mass is 369 g/mol. The van der Waals surface area contributed by atoms with Gasteiger partial charge in [0.25, 0.3) is 5.91 Å². The number of para-hydroxylation sites is 3. The van der Waals surface area contributed by atoms with Crippen LogP contribution in [0.25, 0.3) is 0 Å². The third-order valence-electron chi connectivity index (χ3n) is 4.27. The van der Waals surface area contributed by atoms with Crippen LogP contribution in [0.4, 0.5) is 5.69 Å². The second-order valence-corrected chi connectivity index (χ2v) is 6.67. The molecule has 27 heavy (non-hydrogen) atoms. The van der Waals surface area contributed by atoms with Crippen LogP contribution in [0.1, 0.15) is 32.3 Å². The second kappa shape index (κ2) is 8.12. The Labute approximate surface area is 158 Å². The zero-order valence-corrected chi connectivity index (χ0v) is 15.6. The maximum absolute atomic E-state index is 12.4. The van der Waals surface area contributed by atoms with Gasteiger partial charge in [0.05, 0.1) is 0 Å². The number of nitrogens with one attached hydrogen (secondary N) is 1. The Kier molecular flexibility index (Phi) is 5.64. The van der Waals surface area contributed by atoms with E-state index in [0.29, 0.717) is 17.2 Å². The molecule has 6 nitrogen and oxygen atoms in total. The first-order chi connectivity index (χ1) is 13.0. The van der Waals surface area contributed by atoms with Gasteiger partial charge in [-0.15, -0.1) is 0 Å². The summed E-state index contributed by atoms with van der Waals surface area (Å²) in [5, 5.41) is 2.83. The van der Waals surface area contributed by atoms with Gasteiger partial charge in [0.2, 0.25) is 6.10 Å². The van der Waals surface area contributed by atoms with Crippen LogP contribution in [-0.2, 0) is 14.3 Å². The van der Waals surface area contributed by atoms with Gasteiger partial charge in [-0.05, 0) is 36.6 Å². The zero-order chi connectivity index (χ0) is 19.4. The molecular formula is C21H23NO5. The highest BCUT2D eigenvalue weighted by atomic mass is 16.6. The Morgan fingerprint density at radius 3 is 2.44 bits per heavy atom. The van der Waals surface area contributed by atoms with E-state index in [1.165, 1.54) is 6.92 Å². The van der Waals surface area contributed by atoms with Crippen LogP contribution in [0.5, 0.6) is 11.5 Å². The predicted octanol–water partition coefficient (Wildman–Crippen LogP) is 3.52. The Hall–Kier alpha value is -3.02. The van der Waals surface area contributed by atoms with Crippen molar-refractivity contribution < 1.29 is 23.8 Å². The first kappa shape index (κ1) is 18.8. The van der Waals surface area contributed by atoms with Crippen molar-refractivity contribution in [3.63, 3.8) is 0 Å². The summed E-state index contributed by atoms with van der Waals surface area (Å²) < 4.78 is 16.4. The number of fused-ring (bicyclic) bond motifs is 1. The van der Waals surface area contributed by atoms with Crippen molar-refractivity contribution in [1.29, 1.82) is 0 Å². The molecule has 1 amide bonds. The summed E-state index contributed by atoms with van der Waals surface area (Å²) in [6.45, 7) is 5.67. The first-order valence-corrected chi connectivity index (χ1v) is 8.94. The van der Waals surface area contributed by atoms with E-state index in [1.54, 1.807) is 18.2 Å². The smallest absolute Gasteiger partial charge is 0.351 e. The molecule has 1 aliphatic rings. The van der Waals surface area contributed by atoms with E-state index >= 15 is 0 Å². The summed E-state index contributed by atoms with van der Waals surface area (Å²) in [5.41, 5.74) is 1.73. The van der Waals surface area contributed by atoms with Gasteiger partial charge in [0.1, 0.15) is 6.61 Å². The molecule has 0 saturated heterocycles. The molecule has 3 rings (SSSR count). The number of carbonyl (C=O) groups excluding carboxylic acids is 2. The summed E-state index contributed by atoms with van der Waals surface area (Å²) in [7, 11) is 0. The molecule has 0 fully saturated rings. The highest BCUT2D eigenvalue weighted by Crippen LogP contribution is 2.31. The molecule has 6 heteroatoms. The van der Waals surface area contributed by atoms with E-state index in [9.17, 15) is 9.59 Å². The van der Waals surface area contributed by atoms with Gasteiger partial charge in [-0.2, -0.15) is 0 Å². The number of amides is 1. The van der Waals surface area contributed by atoms with Gasteiger partial charge in [-0.1, -0.05) is 44.2 Å². The molecule has 0 unspecified atom stereocenters. The Bertz CT molecular complexity index is 833. The van der Waals surface area contributed by atoms with Gasteiger partial charge in [0.15, 0.2) is 17.6 Å². The fourth-order valence-electron chi connectivity index (χ4n) is 2.79. The van der Waals surface area contributed by atoms with Crippen LogP contribution in [0, 0.1) is 0 Å². The molecule has 0 radical (unpaired) electrons. The number of esters is 1. The van der Waals surface area contributed by atoms with Crippen LogP contribution >= 0.6 is 0 Å². The molecular weight excluding hydrogens is 346 g/mol. The van der Waals surface area contributed by atoms with Gasteiger partial charge < -0.3 is 19.5 Å². The largest absolute Gasteiger partial charge is 0.485 e. The summed E-state index contributed by atoms with van der Waals surface area (Å²) in [6.07, 6.45) is -1.86. The van der Waals surface area contributed by atoms with Gasteiger partial charge in [-0.25, -0.2) is 4.79 Å². The van der Waals surface area contributed by atoms with Crippen LogP contribution in [0.2, 0.25) is 0 Å². The minimum absolute atomic E-state index is 0.0420. The van der Waals surface area contributed by atoms with Gasteiger partial charge >= 0.3 is 5.97 Å². The number of rotatable bonds is 5. The maximum atomic E-state index is 12.4. The van der Waals surface area contributed by atoms with Crippen LogP contribution in [0.15, 0.2) is 48.5 Å². The van der Waals surface area contributed by atoms with E-state index in [4.69, 9.17) is 14.2 Å². The highest BCUT2D eigenvalue weighted by Gasteiger charge is 2.31. The lowest BCUT2D eigenvalue weighted by Crippen LogP contribution is -2.41. The molecule has 1 aliphatic heterocycles. The topological polar surface area (TPSA) is 73.9 Å². The van der Waals surface area contributed by atoms with E-state index in [2.05, 4.69) is 5.32 Å². The number of ether oxygens (including phenoxy) is 3. The Morgan fingerprint density at radius 1 is 1.04 bits per heavy atom. The third-order valence-corrected chi connectivity index (χ3v) is 4.27. The molecule has 0 saturated carbocycles. The molecule has 1 heterocycles. The van der Waals surface area contributed by atoms with Crippen molar-refractivity contribution in [2.45, 2.75) is 38.9 Å². The van der Waals surface area contributed by atoms with Crippen molar-refractivity contribution in [2.24, 2.45) is 0 Å². The SMILES string of the molecule is CC(C)c1ccccc1NC(=O)[C@H](C)OC(=O)[C@H]1COc2ccccc2O1. The summed E-state index contributed by atoms with van der Waals surface area (Å²) in [5.74, 6) is 0.288.